The maximum Gasteiger partial charge on any atom is 0.337 e. The highest BCUT2D eigenvalue weighted by Gasteiger charge is 2.26. The number of esters is 1. The van der Waals surface area contributed by atoms with Gasteiger partial charge in [0.2, 0.25) is 0 Å². The predicted molar refractivity (Wildman–Crippen MR) is 53.1 cm³/mol. The van der Waals surface area contributed by atoms with Crippen molar-refractivity contribution < 1.29 is 14.3 Å². The summed E-state index contributed by atoms with van der Waals surface area (Å²) in [6.07, 6.45) is 0.496. The number of nitrogens with one attached hydrogen (secondary N) is 1. The van der Waals surface area contributed by atoms with Crippen LogP contribution in [0.1, 0.15) is 27.2 Å². The lowest BCUT2D eigenvalue weighted by Crippen LogP contribution is -2.38. The normalized spacial score (nSPS) is 24.1. The van der Waals surface area contributed by atoms with Gasteiger partial charge in [-0.1, -0.05) is 0 Å². The van der Waals surface area contributed by atoms with E-state index in [1.165, 1.54) is 0 Å². The van der Waals surface area contributed by atoms with Crippen LogP contribution in [-0.4, -0.2) is 37.4 Å². The fourth-order valence-electron chi connectivity index (χ4n) is 1.23. The van der Waals surface area contributed by atoms with Gasteiger partial charge in [0.05, 0.1) is 0 Å². The van der Waals surface area contributed by atoms with E-state index in [1.54, 1.807) is 0 Å². The molecule has 14 heavy (non-hydrogen) atoms. The van der Waals surface area contributed by atoms with Gasteiger partial charge < -0.3 is 14.8 Å². The maximum absolute atomic E-state index is 11.6. The molecular weight excluding hydrogens is 182 g/mol. The molecule has 0 saturated carbocycles. The minimum atomic E-state index is -0.447. The van der Waals surface area contributed by atoms with Gasteiger partial charge in [0, 0.05) is 13.2 Å². The highest BCUT2D eigenvalue weighted by atomic mass is 16.6. The largest absolute Gasteiger partial charge is 0.458 e. The van der Waals surface area contributed by atoms with E-state index >= 15 is 0 Å². The van der Waals surface area contributed by atoms with Crippen molar-refractivity contribution in [1.82, 2.24) is 5.32 Å². The third-order valence-electron chi connectivity index (χ3n) is 1.82. The first-order chi connectivity index (χ1) is 6.49. The Labute approximate surface area is 85.0 Å². The first-order valence-corrected chi connectivity index (χ1v) is 5.04. The minimum Gasteiger partial charge on any atom is -0.458 e. The second-order valence-corrected chi connectivity index (χ2v) is 4.45. The van der Waals surface area contributed by atoms with Gasteiger partial charge in [-0.3, -0.25) is 0 Å². The summed E-state index contributed by atoms with van der Waals surface area (Å²) in [7, 11) is 0. The molecule has 1 aliphatic rings. The number of carbonyl (C=O) groups is 1. The lowest BCUT2D eigenvalue weighted by atomic mass is 10.2. The van der Waals surface area contributed by atoms with Crippen molar-refractivity contribution in [2.45, 2.75) is 38.9 Å². The molecule has 1 fully saturated rings. The second-order valence-electron chi connectivity index (χ2n) is 4.45. The Kier molecular flexibility index (Phi) is 3.89. The molecule has 0 spiro atoms. The topological polar surface area (TPSA) is 47.6 Å². The first kappa shape index (κ1) is 11.5. The molecule has 4 nitrogen and oxygen atoms in total. The lowest BCUT2D eigenvalue weighted by Gasteiger charge is -2.23. The molecule has 0 aromatic heterocycles. The van der Waals surface area contributed by atoms with E-state index < -0.39 is 11.7 Å². The molecule has 1 aliphatic heterocycles. The van der Waals surface area contributed by atoms with Gasteiger partial charge >= 0.3 is 5.97 Å². The van der Waals surface area contributed by atoms with E-state index in [1.807, 2.05) is 20.8 Å². The Balaban J connectivity index is 2.42. The van der Waals surface area contributed by atoms with Crippen molar-refractivity contribution in [3.8, 4) is 0 Å². The summed E-state index contributed by atoms with van der Waals surface area (Å²) < 4.78 is 10.6. The van der Waals surface area contributed by atoms with E-state index in [2.05, 4.69) is 5.32 Å². The molecule has 1 saturated heterocycles. The zero-order chi connectivity index (χ0) is 10.6. The fraction of sp³-hybridized carbons (Fsp3) is 0.900. The van der Waals surface area contributed by atoms with Crippen LogP contribution in [0.3, 0.4) is 0 Å². The van der Waals surface area contributed by atoms with Crippen molar-refractivity contribution in [3.05, 3.63) is 0 Å². The number of hydrogen-bond donors (Lipinski definition) is 1. The van der Waals surface area contributed by atoms with Crippen molar-refractivity contribution in [2.24, 2.45) is 0 Å². The van der Waals surface area contributed by atoms with E-state index in [0.717, 1.165) is 13.0 Å². The zero-order valence-electron chi connectivity index (χ0n) is 9.13. The van der Waals surface area contributed by atoms with E-state index in [4.69, 9.17) is 9.47 Å². The molecule has 0 aliphatic carbocycles. The molecule has 1 N–H and O–H groups in total. The summed E-state index contributed by atoms with van der Waals surface area (Å²) in [5.41, 5.74) is -0.438. The van der Waals surface area contributed by atoms with Gasteiger partial charge in [0.25, 0.3) is 0 Å². The predicted octanol–water partition coefficient (Wildman–Crippen LogP) is 0.707. The summed E-state index contributed by atoms with van der Waals surface area (Å²) in [5.74, 6) is -0.271. The Bertz CT molecular complexity index is 190. The van der Waals surface area contributed by atoms with Crippen molar-refractivity contribution >= 4 is 5.97 Å². The van der Waals surface area contributed by atoms with Gasteiger partial charge in [0.15, 0.2) is 6.10 Å². The third kappa shape index (κ3) is 4.07. The van der Waals surface area contributed by atoms with E-state index in [-0.39, 0.29) is 5.97 Å². The summed E-state index contributed by atoms with van der Waals surface area (Å²) >= 11 is 0. The smallest absolute Gasteiger partial charge is 0.337 e. The third-order valence-corrected chi connectivity index (χ3v) is 1.82. The van der Waals surface area contributed by atoms with Crippen LogP contribution >= 0.6 is 0 Å². The molecule has 82 valence electrons. The summed E-state index contributed by atoms with van der Waals surface area (Å²) in [4.78, 5) is 11.6. The van der Waals surface area contributed by atoms with Crippen LogP contribution < -0.4 is 5.32 Å². The van der Waals surface area contributed by atoms with Gasteiger partial charge in [-0.2, -0.15) is 0 Å². The number of rotatable bonds is 1. The number of carbonyl (C=O) groups excluding carboxylic acids is 1. The molecule has 1 rings (SSSR count). The van der Waals surface area contributed by atoms with Gasteiger partial charge in [0.1, 0.15) is 5.60 Å². The van der Waals surface area contributed by atoms with Crippen LogP contribution in [0, 0.1) is 0 Å². The maximum atomic E-state index is 11.6. The van der Waals surface area contributed by atoms with E-state index in [0.29, 0.717) is 13.2 Å². The quantitative estimate of drug-likeness (QED) is 0.635. The average Bonchev–Trinajstić information content (AvgIpc) is 2.27. The molecular formula is C10H19NO3. The molecule has 0 unspecified atom stereocenters. The average molecular weight is 201 g/mol. The Morgan fingerprint density at radius 1 is 1.50 bits per heavy atom. The fourth-order valence-corrected chi connectivity index (χ4v) is 1.23. The molecule has 4 heteroatoms. The van der Waals surface area contributed by atoms with Crippen LogP contribution in [0.15, 0.2) is 0 Å². The van der Waals surface area contributed by atoms with Crippen LogP contribution in [0.25, 0.3) is 0 Å². The molecule has 0 aromatic carbocycles. The Morgan fingerprint density at radius 2 is 2.21 bits per heavy atom. The first-order valence-electron chi connectivity index (χ1n) is 5.04. The minimum absolute atomic E-state index is 0.271. The number of ether oxygens (including phenoxy) is 2. The standard InChI is InChI=1S/C10H19NO3/c1-10(2,3)14-9(12)8-7-11-5-4-6-13-8/h8,11H,4-7H2,1-3H3/t8-/m1/s1. The lowest BCUT2D eigenvalue weighted by molar-refractivity contribution is -0.167. The molecule has 0 aromatic rings. The second kappa shape index (κ2) is 4.75. The molecule has 1 atom stereocenters. The molecule has 0 amide bonds. The number of hydrogen-bond acceptors (Lipinski definition) is 4. The van der Waals surface area contributed by atoms with Crippen molar-refractivity contribution in [1.29, 1.82) is 0 Å². The van der Waals surface area contributed by atoms with E-state index in [9.17, 15) is 4.79 Å². The highest BCUT2D eigenvalue weighted by Crippen LogP contribution is 2.10. The Hall–Kier alpha value is -0.610. The van der Waals surface area contributed by atoms with Crippen LogP contribution in [0.5, 0.6) is 0 Å². The van der Waals surface area contributed by atoms with Crippen LogP contribution in [0.4, 0.5) is 0 Å². The van der Waals surface area contributed by atoms with Crippen LogP contribution in [-0.2, 0) is 14.3 Å². The summed E-state index contributed by atoms with van der Waals surface area (Å²) in [6, 6.07) is 0. The van der Waals surface area contributed by atoms with Gasteiger partial charge in [-0.25, -0.2) is 4.79 Å². The molecule has 0 radical (unpaired) electrons. The van der Waals surface area contributed by atoms with Crippen molar-refractivity contribution in [3.63, 3.8) is 0 Å². The summed E-state index contributed by atoms with van der Waals surface area (Å²) in [6.45, 7) is 7.64. The Morgan fingerprint density at radius 3 is 2.86 bits per heavy atom. The monoisotopic (exact) mass is 201 g/mol. The van der Waals surface area contributed by atoms with Crippen LogP contribution in [0.2, 0.25) is 0 Å². The van der Waals surface area contributed by atoms with Crippen molar-refractivity contribution in [2.75, 3.05) is 19.7 Å². The molecule has 0 bridgehead atoms. The highest BCUT2D eigenvalue weighted by molar-refractivity contribution is 5.75. The van der Waals surface area contributed by atoms with Gasteiger partial charge in [-0.05, 0) is 33.7 Å². The van der Waals surface area contributed by atoms with Gasteiger partial charge in [-0.15, -0.1) is 0 Å². The zero-order valence-corrected chi connectivity index (χ0v) is 9.13. The SMILES string of the molecule is CC(C)(C)OC(=O)[C@H]1CNCCCO1. The summed E-state index contributed by atoms with van der Waals surface area (Å²) in [5, 5.41) is 3.14. The molecule has 1 heterocycles.